The second kappa shape index (κ2) is 3.54. The molecule has 0 spiro atoms. The zero-order chi connectivity index (χ0) is 9.14. The fourth-order valence-electron chi connectivity index (χ4n) is 1.03. The molecule has 66 valence electrons. The van der Waals surface area contributed by atoms with Gasteiger partial charge in [0.1, 0.15) is 6.10 Å². The van der Waals surface area contributed by atoms with Crippen LogP contribution < -0.4 is 0 Å². The number of aliphatic hydroxyl groups excluding tert-OH is 1. The Morgan fingerprint density at radius 3 is 2.92 bits per heavy atom. The zero-order valence-electron chi connectivity index (χ0n) is 7.49. The maximum atomic E-state index is 9.51. The smallest absolute Gasteiger partial charge is 0.101 e. The second-order valence-corrected chi connectivity index (χ2v) is 2.87. The molecule has 0 saturated carbocycles. The molecule has 0 bridgehead atoms. The van der Waals surface area contributed by atoms with E-state index in [0.29, 0.717) is 6.42 Å². The maximum absolute atomic E-state index is 9.51. The van der Waals surface area contributed by atoms with Gasteiger partial charge >= 0.3 is 0 Å². The van der Waals surface area contributed by atoms with Crippen molar-refractivity contribution in [2.75, 3.05) is 0 Å². The number of hydrogen-bond donors (Lipinski definition) is 1. The van der Waals surface area contributed by atoms with Gasteiger partial charge in [0, 0.05) is 12.7 Å². The summed E-state index contributed by atoms with van der Waals surface area (Å²) in [5.41, 5.74) is 1.77. The van der Waals surface area contributed by atoms with Crippen molar-refractivity contribution in [3.8, 4) is 0 Å². The minimum Gasteiger partial charge on any atom is -0.386 e. The van der Waals surface area contributed by atoms with E-state index < -0.39 is 6.10 Å². The Morgan fingerprint density at radius 2 is 2.50 bits per heavy atom. The van der Waals surface area contributed by atoms with E-state index in [1.54, 1.807) is 10.8 Å². The van der Waals surface area contributed by atoms with Gasteiger partial charge in [-0.1, -0.05) is 6.08 Å². The summed E-state index contributed by atoms with van der Waals surface area (Å²) in [5, 5.41) is 13.7. The highest BCUT2D eigenvalue weighted by molar-refractivity contribution is 5.11. The van der Waals surface area contributed by atoms with Gasteiger partial charge in [0.2, 0.25) is 0 Å². The van der Waals surface area contributed by atoms with Crippen LogP contribution in [0.3, 0.4) is 0 Å². The first-order valence-electron chi connectivity index (χ1n) is 3.94. The molecule has 1 unspecified atom stereocenters. The van der Waals surface area contributed by atoms with Crippen molar-refractivity contribution in [2.45, 2.75) is 19.4 Å². The lowest BCUT2D eigenvalue weighted by molar-refractivity contribution is 0.176. The molecule has 0 radical (unpaired) electrons. The first kappa shape index (κ1) is 9.00. The Bertz CT molecular complexity index is 259. The summed E-state index contributed by atoms with van der Waals surface area (Å²) in [6.45, 7) is 5.52. The minimum atomic E-state index is -0.512. The van der Waals surface area contributed by atoms with Gasteiger partial charge in [0.15, 0.2) is 0 Å². The van der Waals surface area contributed by atoms with Gasteiger partial charge in [-0.2, -0.15) is 5.10 Å². The fraction of sp³-hybridized carbons (Fsp3) is 0.444. The van der Waals surface area contributed by atoms with Gasteiger partial charge in [-0.25, -0.2) is 0 Å². The molecule has 3 nitrogen and oxygen atoms in total. The largest absolute Gasteiger partial charge is 0.386 e. The van der Waals surface area contributed by atoms with Crippen molar-refractivity contribution in [2.24, 2.45) is 7.05 Å². The molecule has 0 aromatic carbocycles. The Kier molecular flexibility index (Phi) is 2.65. The topological polar surface area (TPSA) is 38.0 Å². The fourth-order valence-corrected chi connectivity index (χ4v) is 1.03. The van der Waals surface area contributed by atoms with Crippen LogP contribution in [-0.2, 0) is 7.05 Å². The van der Waals surface area contributed by atoms with Crippen LogP contribution in [0, 0.1) is 6.92 Å². The molecule has 1 aromatic heterocycles. The molecular formula is C9H14N2O. The zero-order valence-corrected chi connectivity index (χ0v) is 7.49. The maximum Gasteiger partial charge on any atom is 0.101 e. The van der Waals surface area contributed by atoms with Crippen molar-refractivity contribution in [3.05, 3.63) is 30.1 Å². The van der Waals surface area contributed by atoms with E-state index in [4.69, 9.17) is 0 Å². The number of nitrogens with zero attached hydrogens (tertiary/aromatic N) is 2. The second-order valence-electron chi connectivity index (χ2n) is 2.87. The van der Waals surface area contributed by atoms with Gasteiger partial charge in [-0.05, 0) is 19.4 Å². The summed E-state index contributed by atoms with van der Waals surface area (Å²) >= 11 is 0. The van der Waals surface area contributed by atoms with Crippen molar-refractivity contribution in [3.63, 3.8) is 0 Å². The lowest BCUT2D eigenvalue weighted by Crippen LogP contribution is -1.98. The van der Waals surface area contributed by atoms with Gasteiger partial charge in [-0.15, -0.1) is 6.58 Å². The summed E-state index contributed by atoms with van der Waals surface area (Å²) < 4.78 is 1.75. The van der Waals surface area contributed by atoms with Gasteiger partial charge in [0.05, 0.1) is 5.69 Å². The summed E-state index contributed by atoms with van der Waals surface area (Å²) in [5.74, 6) is 0. The molecule has 0 aliphatic heterocycles. The Balaban J connectivity index is 2.80. The quantitative estimate of drug-likeness (QED) is 0.688. The third-order valence-corrected chi connectivity index (χ3v) is 1.86. The lowest BCUT2D eigenvalue weighted by atomic mass is 10.2. The lowest BCUT2D eigenvalue weighted by Gasteiger charge is -2.01. The molecule has 1 aromatic rings. The standard InChI is InChI=1S/C9H14N2O/c1-4-5-9(12)8-6-7(2)11(3)10-8/h4,6,9,12H,1,5H2,2-3H3. The van der Waals surface area contributed by atoms with Crippen molar-refractivity contribution in [1.82, 2.24) is 9.78 Å². The number of aryl methyl sites for hydroxylation is 2. The van der Waals surface area contributed by atoms with E-state index in [0.717, 1.165) is 11.4 Å². The van der Waals surface area contributed by atoms with E-state index in [2.05, 4.69) is 11.7 Å². The van der Waals surface area contributed by atoms with Crippen LogP contribution in [0.1, 0.15) is 23.9 Å². The Labute approximate surface area is 72.3 Å². The highest BCUT2D eigenvalue weighted by atomic mass is 16.3. The van der Waals surface area contributed by atoms with Gasteiger partial charge in [-0.3, -0.25) is 4.68 Å². The average Bonchev–Trinajstić information content (AvgIpc) is 2.33. The summed E-state index contributed by atoms with van der Waals surface area (Å²) in [6.07, 6.45) is 1.73. The molecule has 3 heteroatoms. The van der Waals surface area contributed by atoms with Crippen LogP contribution in [0.15, 0.2) is 18.7 Å². The van der Waals surface area contributed by atoms with Crippen LogP contribution in [0.5, 0.6) is 0 Å². The molecule has 1 atom stereocenters. The molecule has 1 N–H and O–H groups in total. The first-order valence-corrected chi connectivity index (χ1v) is 3.94. The third-order valence-electron chi connectivity index (χ3n) is 1.86. The van der Waals surface area contributed by atoms with E-state index in [-0.39, 0.29) is 0 Å². The number of rotatable bonds is 3. The number of aromatic nitrogens is 2. The Hall–Kier alpha value is -1.09. The van der Waals surface area contributed by atoms with Crippen molar-refractivity contribution >= 4 is 0 Å². The molecule has 0 amide bonds. The van der Waals surface area contributed by atoms with Crippen molar-refractivity contribution in [1.29, 1.82) is 0 Å². The number of hydrogen-bond acceptors (Lipinski definition) is 2. The van der Waals surface area contributed by atoms with Crippen molar-refractivity contribution < 1.29 is 5.11 Å². The average molecular weight is 166 g/mol. The van der Waals surface area contributed by atoms with E-state index in [9.17, 15) is 5.11 Å². The summed E-state index contributed by atoms with van der Waals surface area (Å²) in [4.78, 5) is 0. The van der Waals surface area contributed by atoms with Crippen LogP contribution in [0.4, 0.5) is 0 Å². The molecule has 12 heavy (non-hydrogen) atoms. The summed E-state index contributed by atoms with van der Waals surface area (Å²) in [6, 6.07) is 1.88. The van der Waals surface area contributed by atoms with Crippen LogP contribution in [0.2, 0.25) is 0 Å². The Morgan fingerprint density at radius 1 is 1.83 bits per heavy atom. The van der Waals surface area contributed by atoms with E-state index in [1.165, 1.54) is 0 Å². The minimum absolute atomic E-state index is 0.512. The third kappa shape index (κ3) is 1.74. The first-order chi connectivity index (χ1) is 5.65. The van der Waals surface area contributed by atoms with E-state index in [1.807, 2.05) is 20.0 Å². The van der Waals surface area contributed by atoms with Crippen LogP contribution in [0.25, 0.3) is 0 Å². The van der Waals surface area contributed by atoms with Gasteiger partial charge < -0.3 is 5.11 Å². The van der Waals surface area contributed by atoms with Crippen LogP contribution >= 0.6 is 0 Å². The number of aliphatic hydroxyl groups is 1. The highest BCUT2D eigenvalue weighted by Crippen LogP contribution is 2.15. The molecular weight excluding hydrogens is 152 g/mol. The molecule has 0 fully saturated rings. The molecule has 0 aliphatic carbocycles. The molecule has 1 heterocycles. The molecule has 0 aliphatic rings. The highest BCUT2D eigenvalue weighted by Gasteiger charge is 2.09. The van der Waals surface area contributed by atoms with Gasteiger partial charge in [0.25, 0.3) is 0 Å². The predicted octanol–water partition coefficient (Wildman–Crippen LogP) is 1.34. The summed E-state index contributed by atoms with van der Waals surface area (Å²) in [7, 11) is 1.86. The molecule has 0 saturated heterocycles. The van der Waals surface area contributed by atoms with E-state index >= 15 is 0 Å². The monoisotopic (exact) mass is 166 g/mol. The normalized spacial score (nSPS) is 12.9. The predicted molar refractivity (Wildman–Crippen MR) is 47.7 cm³/mol. The SMILES string of the molecule is C=CCC(O)c1cc(C)n(C)n1. The van der Waals surface area contributed by atoms with Crippen LogP contribution in [-0.4, -0.2) is 14.9 Å². The molecule has 1 rings (SSSR count).